The van der Waals surface area contributed by atoms with Crippen LogP contribution in [0.1, 0.15) is 59.3 Å². The van der Waals surface area contributed by atoms with E-state index in [9.17, 15) is 0 Å². The van der Waals surface area contributed by atoms with Gasteiger partial charge in [-0.2, -0.15) is 19.6 Å². The first kappa shape index (κ1) is 13.4. The molecular weight excluding hydrogens is 264 g/mol. The van der Waals surface area contributed by atoms with E-state index in [1.807, 2.05) is 6.92 Å². The van der Waals surface area contributed by atoms with Crippen LogP contribution in [-0.2, 0) is 29.0 Å². The lowest BCUT2D eigenvalue weighted by atomic mass is 9.77. The lowest BCUT2D eigenvalue weighted by Crippen LogP contribution is -2.54. The van der Waals surface area contributed by atoms with Crippen LogP contribution >= 0.6 is 0 Å². The first-order valence-corrected chi connectivity index (χ1v) is 7.44. The summed E-state index contributed by atoms with van der Waals surface area (Å²) in [6.45, 7) is 6.22. The summed E-state index contributed by atoms with van der Waals surface area (Å²) in [6.07, 6.45) is 4.57. The maximum Gasteiger partial charge on any atom is 0.259 e. The van der Waals surface area contributed by atoms with Crippen LogP contribution in [0.4, 0.5) is 0 Å². The highest BCUT2D eigenvalue weighted by Crippen LogP contribution is 2.56. The third-order valence-corrected chi connectivity index (χ3v) is 4.61. The number of ether oxygens (including phenoxy) is 2. The Bertz CT molecular complexity index is 418. The highest BCUT2D eigenvalue weighted by molar-refractivity contribution is 4.96. The second kappa shape index (κ2) is 3.94. The monoisotopic (exact) mass is 286 g/mol. The van der Waals surface area contributed by atoms with E-state index >= 15 is 0 Å². The molecule has 1 spiro atoms. The van der Waals surface area contributed by atoms with Gasteiger partial charge >= 0.3 is 0 Å². The van der Waals surface area contributed by atoms with Gasteiger partial charge in [0.15, 0.2) is 0 Å². The molecule has 0 amide bonds. The molecular formula is C14H22O6. The van der Waals surface area contributed by atoms with Gasteiger partial charge in [0.05, 0.1) is 0 Å². The average Bonchev–Trinajstić information content (AvgIpc) is 3.00. The summed E-state index contributed by atoms with van der Waals surface area (Å²) >= 11 is 0. The van der Waals surface area contributed by atoms with Crippen molar-refractivity contribution in [3.05, 3.63) is 0 Å². The fraction of sp³-hybridized carbons (Fsp3) is 1.00. The molecule has 0 radical (unpaired) electrons. The Morgan fingerprint density at radius 1 is 0.900 bits per heavy atom. The molecule has 4 aliphatic rings. The average molecular weight is 286 g/mol. The van der Waals surface area contributed by atoms with Crippen LogP contribution in [0, 0.1) is 5.41 Å². The van der Waals surface area contributed by atoms with E-state index in [0.717, 1.165) is 32.1 Å². The van der Waals surface area contributed by atoms with Gasteiger partial charge in [-0.05, 0) is 25.2 Å². The molecule has 2 bridgehead atoms. The first-order valence-electron chi connectivity index (χ1n) is 7.44. The molecule has 6 nitrogen and oxygen atoms in total. The van der Waals surface area contributed by atoms with Crippen LogP contribution in [0.2, 0.25) is 0 Å². The normalized spacial score (nSPS) is 49.0. The van der Waals surface area contributed by atoms with E-state index in [-0.39, 0.29) is 5.41 Å². The summed E-state index contributed by atoms with van der Waals surface area (Å²) in [6, 6.07) is 0. The molecule has 3 heterocycles. The zero-order chi connectivity index (χ0) is 14.1. The Balaban J connectivity index is 1.59. The van der Waals surface area contributed by atoms with Crippen LogP contribution in [0.3, 0.4) is 0 Å². The molecule has 0 aromatic heterocycles. The molecule has 114 valence electrons. The van der Waals surface area contributed by atoms with Gasteiger partial charge in [0.2, 0.25) is 11.6 Å². The molecule has 4 rings (SSSR count). The fourth-order valence-electron chi connectivity index (χ4n) is 4.10. The molecule has 3 aliphatic heterocycles. The molecule has 1 saturated carbocycles. The number of fused-ring (bicyclic) bond motifs is 2. The Labute approximate surface area is 118 Å². The molecule has 20 heavy (non-hydrogen) atoms. The van der Waals surface area contributed by atoms with Crippen LogP contribution in [0.15, 0.2) is 0 Å². The van der Waals surface area contributed by atoms with Crippen molar-refractivity contribution >= 4 is 0 Å². The van der Waals surface area contributed by atoms with Crippen molar-refractivity contribution in [2.75, 3.05) is 0 Å². The lowest BCUT2D eigenvalue weighted by Gasteiger charge is -2.42. The number of hydrogen-bond donors (Lipinski definition) is 0. The molecule has 0 aromatic carbocycles. The van der Waals surface area contributed by atoms with E-state index in [1.54, 1.807) is 0 Å². The van der Waals surface area contributed by atoms with Gasteiger partial charge in [0.25, 0.3) is 12.1 Å². The SMILES string of the molecule is CC1(C)CC2(C)OOC(C3OOC4(CCCC4)O3)(C1)O2. The van der Waals surface area contributed by atoms with E-state index in [2.05, 4.69) is 13.8 Å². The molecule has 0 aromatic rings. The maximum absolute atomic E-state index is 6.03. The van der Waals surface area contributed by atoms with Crippen LogP contribution in [-0.4, -0.2) is 23.7 Å². The van der Waals surface area contributed by atoms with E-state index < -0.39 is 23.7 Å². The largest absolute Gasteiger partial charge is 0.310 e. The lowest BCUT2D eigenvalue weighted by molar-refractivity contribution is -0.407. The summed E-state index contributed by atoms with van der Waals surface area (Å²) in [5.41, 5.74) is 0.0155. The second-order valence-corrected chi connectivity index (χ2v) is 7.48. The molecule has 1 aliphatic carbocycles. The fourth-order valence-corrected chi connectivity index (χ4v) is 4.10. The maximum atomic E-state index is 6.03. The third-order valence-electron chi connectivity index (χ3n) is 4.61. The highest BCUT2D eigenvalue weighted by atomic mass is 17.3. The summed E-state index contributed by atoms with van der Waals surface area (Å²) < 4.78 is 12.1. The summed E-state index contributed by atoms with van der Waals surface area (Å²) in [5, 5.41) is 0. The van der Waals surface area contributed by atoms with Gasteiger partial charge in [0, 0.05) is 25.7 Å². The van der Waals surface area contributed by atoms with Crippen LogP contribution in [0.5, 0.6) is 0 Å². The highest BCUT2D eigenvalue weighted by Gasteiger charge is 2.67. The van der Waals surface area contributed by atoms with Gasteiger partial charge < -0.3 is 9.47 Å². The zero-order valence-corrected chi connectivity index (χ0v) is 12.3. The topological polar surface area (TPSA) is 55.4 Å². The van der Waals surface area contributed by atoms with Crippen molar-refractivity contribution in [2.24, 2.45) is 5.41 Å². The molecule has 6 heteroatoms. The van der Waals surface area contributed by atoms with Crippen LogP contribution < -0.4 is 0 Å². The molecule has 0 N–H and O–H groups in total. The molecule has 3 atom stereocenters. The summed E-state index contributed by atoms with van der Waals surface area (Å²) in [5.74, 6) is -2.41. The molecule has 4 fully saturated rings. The minimum atomic E-state index is -1.04. The van der Waals surface area contributed by atoms with Gasteiger partial charge in [-0.1, -0.05) is 13.8 Å². The summed E-state index contributed by atoms with van der Waals surface area (Å²) in [7, 11) is 0. The quantitative estimate of drug-likeness (QED) is 0.691. The first-order chi connectivity index (χ1) is 9.35. The predicted molar refractivity (Wildman–Crippen MR) is 65.6 cm³/mol. The van der Waals surface area contributed by atoms with Crippen molar-refractivity contribution in [2.45, 2.75) is 82.9 Å². The minimum Gasteiger partial charge on any atom is -0.310 e. The standard InChI is InChI=1S/C14H22O6/c1-11(2)8-12(3)17-14(9-11,20-18-12)10-15-13(19-16-10)6-4-5-7-13/h10H,4-9H2,1-3H3. The Morgan fingerprint density at radius 2 is 1.65 bits per heavy atom. The van der Waals surface area contributed by atoms with Crippen LogP contribution in [0.25, 0.3) is 0 Å². The van der Waals surface area contributed by atoms with Gasteiger partial charge in [-0.3, -0.25) is 0 Å². The van der Waals surface area contributed by atoms with Gasteiger partial charge in [-0.15, -0.1) is 0 Å². The molecule has 3 saturated heterocycles. The van der Waals surface area contributed by atoms with E-state index in [0.29, 0.717) is 6.42 Å². The zero-order valence-electron chi connectivity index (χ0n) is 12.3. The Hall–Kier alpha value is -0.240. The predicted octanol–water partition coefficient (Wildman–Crippen LogP) is 2.77. The second-order valence-electron chi connectivity index (χ2n) is 7.48. The minimum absolute atomic E-state index is 0.0155. The molecule has 3 unspecified atom stereocenters. The van der Waals surface area contributed by atoms with Gasteiger partial charge in [-0.25, -0.2) is 0 Å². The summed E-state index contributed by atoms with van der Waals surface area (Å²) in [4.78, 5) is 21.9. The smallest absolute Gasteiger partial charge is 0.259 e. The third kappa shape index (κ3) is 1.94. The van der Waals surface area contributed by atoms with Crippen molar-refractivity contribution < 1.29 is 29.0 Å². The van der Waals surface area contributed by atoms with Crippen molar-refractivity contribution in [1.29, 1.82) is 0 Å². The van der Waals surface area contributed by atoms with E-state index in [1.165, 1.54) is 0 Å². The van der Waals surface area contributed by atoms with Gasteiger partial charge in [0.1, 0.15) is 0 Å². The Kier molecular flexibility index (Phi) is 2.64. The Morgan fingerprint density at radius 3 is 2.40 bits per heavy atom. The van der Waals surface area contributed by atoms with Crippen molar-refractivity contribution in [1.82, 2.24) is 0 Å². The number of rotatable bonds is 1. The van der Waals surface area contributed by atoms with E-state index in [4.69, 9.17) is 29.0 Å². The van der Waals surface area contributed by atoms with Crippen molar-refractivity contribution in [3.63, 3.8) is 0 Å². The van der Waals surface area contributed by atoms with Crippen molar-refractivity contribution in [3.8, 4) is 0 Å². The number of hydrogen-bond acceptors (Lipinski definition) is 6.